The summed E-state index contributed by atoms with van der Waals surface area (Å²) in [5, 5.41) is 14.4. The first-order valence-corrected chi connectivity index (χ1v) is 5.97. The minimum absolute atomic E-state index is 0.0193. The maximum absolute atomic E-state index is 13.0. The Morgan fingerprint density at radius 1 is 1.53 bits per heavy atom. The van der Waals surface area contributed by atoms with E-state index >= 15 is 0 Å². The average molecular weight is 268 g/mol. The van der Waals surface area contributed by atoms with Crippen molar-refractivity contribution in [3.05, 3.63) is 45.6 Å². The molecule has 17 heavy (non-hydrogen) atoms. The Labute approximate surface area is 106 Å². The van der Waals surface area contributed by atoms with Gasteiger partial charge in [-0.2, -0.15) is 5.26 Å². The number of rotatable bonds is 3. The predicted octanol–water partition coefficient (Wildman–Crippen LogP) is 3.61. The molecule has 1 unspecified atom stereocenters. The molecule has 0 aliphatic carbocycles. The molecule has 0 bridgehead atoms. The molecule has 0 saturated heterocycles. The van der Waals surface area contributed by atoms with Gasteiger partial charge < -0.3 is 5.32 Å². The molecule has 1 N–H and O–H groups in total. The standard InChI is InChI=1S/C11H7ClFN3S/c12-8-5-7(1-2-9(8)13)16-10(6-14)11-15-3-4-17-11/h1-5,10,16H. The summed E-state index contributed by atoms with van der Waals surface area (Å²) in [5.74, 6) is -0.486. The number of nitriles is 1. The van der Waals surface area contributed by atoms with Crippen LogP contribution in [-0.4, -0.2) is 4.98 Å². The monoisotopic (exact) mass is 267 g/mol. The van der Waals surface area contributed by atoms with Crippen LogP contribution in [0.25, 0.3) is 0 Å². The fourth-order valence-corrected chi connectivity index (χ4v) is 2.09. The molecule has 2 rings (SSSR count). The molecule has 86 valence electrons. The van der Waals surface area contributed by atoms with Crippen LogP contribution in [0.15, 0.2) is 29.8 Å². The smallest absolute Gasteiger partial charge is 0.166 e. The van der Waals surface area contributed by atoms with Crippen molar-refractivity contribution in [2.45, 2.75) is 6.04 Å². The zero-order chi connectivity index (χ0) is 12.3. The van der Waals surface area contributed by atoms with Crippen LogP contribution in [0.3, 0.4) is 0 Å². The lowest BCUT2D eigenvalue weighted by Gasteiger charge is -2.10. The second-order valence-corrected chi connectivity index (χ2v) is 4.54. The van der Waals surface area contributed by atoms with Crippen LogP contribution in [0.4, 0.5) is 10.1 Å². The van der Waals surface area contributed by atoms with Crippen LogP contribution in [0.2, 0.25) is 5.02 Å². The number of halogens is 2. The first-order chi connectivity index (χ1) is 8.20. The summed E-state index contributed by atoms with van der Waals surface area (Å²) in [6, 6.07) is 5.75. The fraction of sp³-hybridized carbons (Fsp3) is 0.0909. The van der Waals surface area contributed by atoms with E-state index in [1.54, 1.807) is 11.6 Å². The Kier molecular flexibility index (Phi) is 3.57. The molecule has 0 aliphatic heterocycles. The molecular formula is C11H7ClFN3S. The van der Waals surface area contributed by atoms with Gasteiger partial charge in [0, 0.05) is 17.3 Å². The third-order valence-electron chi connectivity index (χ3n) is 2.06. The normalized spacial score (nSPS) is 11.8. The number of nitrogens with zero attached hydrogens (tertiary/aromatic N) is 2. The summed E-state index contributed by atoms with van der Waals surface area (Å²) < 4.78 is 13.0. The summed E-state index contributed by atoms with van der Waals surface area (Å²) in [4.78, 5) is 4.05. The van der Waals surface area contributed by atoms with Gasteiger partial charge in [-0.3, -0.25) is 0 Å². The molecule has 0 saturated carbocycles. The zero-order valence-corrected chi connectivity index (χ0v) is 10.1. The van der Waals surface area contributed by atoms with E-state index in [-0.39, 0.29) is 5.02 Å². The van der Waals surface area contributed by atoms with E-state index in [4.69, 9.17) is 16.9 Å². The number of aromatic nitrogens is 1. The molecule has 6 heteroatoms. The topological polar surface area (TPSA) is 48.7 Å². The van der Waals surface area contributed by atoms with Crippen molar-refractivity contribution in [3.63, 3.8) is 0 Å². The van der Waals surface area contributed by atoms with Crippen LogP contribution >= 0.6 is 22.9 Å². The van der Waals surface area contributed by atoms with Crippen LogP contribution in [0.5, 0.6) is 0 Å². The Hall–Kier alpha value is -1.64. The second kappa shape index (κ2) is 5.13. The third kappa shape index (κ3) is 2.73. The molecule has 2 aromatic rings. The molecule has 0 spiro atoms. The van der Waals surface area contributed by atoms with Gasteiger partial charge in [0.2, 0.25) is 0 Å². The number of anilines is 1. The summed E-state index contributed by atoms with van der Waals surface area (Å²) >= 11 is 7.03. The van der Waals surface area contributed by atoms with E-state index in [0.29, 0.717) is 10.7 Å². The van der Waals surface area contributed by atoms with Crippen LogP contribution in [0, 0.1) is 17.1 Å². The van der Waals surface area contributed by atoms with Gasteiger partial charge in [-0.25, -0.2) is 9.37 Å². The van der Waals surface area contributed by atoms with Crippen molar-refractivity contribution in [1.29, 1.82) is 5.26 Å². The molecule has 1 aromatic heterocycles. The first kappa shape index (κ1) is 11.8. The van der Waals surface area contributed by atoms with Crippen molar-refractivity contribution < 1.29 is 4.39 Å². The Bertz CT molecular complexity index is 550. The minimum Gasteiger partial charge on any atom is -0.364 e. The van der Waals surface area contributed by atoms with E-state index in [0.717, 1.165) is 0 Å². The largest absolute Gasteiger partial charge is 0.364 e. The molecule has 0 aliphatic rings. The fourth-order valence-electron chi connectivity index (χ4n) is 1.28. The van der Waals surface area contributed by atoms with E-state index < -0.39 is 11.9 Å². The van der Waals surface area contributed by atoms with Crippen molar-refractivity contribution in [1.82, 2.24) is 4.98 Å². The zero-order valence-electron chi connectivity index (χ0n) is 8.52. The quantitative estimate of drug-likeness (QED) is 0.924. The van der Waals surface area contributed by atoms with Gasteiger partial charge in [-0.15, -0.1) is 11.3 Å². The number of nitrogens with one attached hydrogen (secondary N) is 1. The van der Waals surface area contributed by atoms with Crippen molar-refractivity contribution in [2.75, 3.05) is 5.32 Å². The van der Waals surface area contributed by atoms with Crippen molar-refractivity contribution >= 4 is 28.6 Å². The molecule has 1 atom stereocenters. The number of thiazole rings is 1. The molecule has 3 nitrogen and oxygen atoms in total. The van der Waals surface area contributed by atoms with E-state index in [2.05, 4.69) is 16.4 Å². The summed E-state index contributed by atoms with van der Waals surface area (Å²) in [6.07, 6.45) is 1.63. The highest BCUT2D eigenvalue weighted by molar-refractivity contribution is 7.09. The lowest BCUT2D eigenvalue weighted by molar-refractivity contribution is 0.628. The van der Waals surface area contributed by atoms with Crippen molar-refractivity contribution in [2.24, 2.45) is 0 Å². The maximum Gasteiger partial charge on any atom is 0.166 e. The number of hydrogen-bond acceptors (Lipinski definition) is 4. The van der Waals surface area contributed by atoms with Crippen LogP contribution in [-0.2, 0) is 0 Å². The van der Waals surface area contributed by atoms with Crippen molar-refractivity contribution in [3.8, 4) is 6.07 Å². The minimum atomic E-state index is -0.559. The van der Waals surface area contributed by atoms with Gasteiger partial charge in [-0.1, -0.05) is 11.6 Å². The molecular weight excluding hydrogens is 261 g/mol. The average Bonchev–Trinajstić information content (AvgIpc) is 2.84. The molecule has 0 radical (unpaired) electrons. The Morgan fingerprint density at radius 3 is 2.94 bits per heavy atom. The summed E-state index contributed by atoms with van der Waals surface area (Å²) in [6.45, 7) is 0. The highest BCUT2D eigenvalue weighted by Crippen LogP contribution is 2.24. The van der Waals surface area contributed by atoms with Gasteiger partial charge in [-0.05, 0) is 18.2 Å². The Balaban J connectivity index is 2.20. The molecule has 0 amide bonds. The van der Waals surface area contributed by atoms with Gasteiger partial charge in [0.25, 0.3) is 0 Å². The summed E-state index contributed by atoms with van der Waals surface area (Å²) in [7, 11) is 0. The van der Waals surface area contributed by atoms with Gasteiger partial charge in [0.05, 0.1) is 11.1 Å². The lowest BCUT2D eigenvalue weighted by Crippen LogP contribution is -2.08. The highest BCUT2D eigenvalue weighted by Gasteiger charge is 2.13. The number of hydrogen-bond donors (Lipinski definition) is 1. The van der Waals surface area contributed by atoms with E-state index in [9.17, 15) is 4.39 Å². The molecule has 1 aromatic carbocycles. The van der Waals surface area contributed by atoms with E-state index in [1.165, 1.54) is 29.5 Å². The van der Waals surface area contributed by atoms with Crippen LogP contribution in [0.1, 0.15) is 11.0 Å². The summed E-state index contributed by atoms with van der Waals surface area (Å²) in [5.41, 5.74) is 0.582. The Morgan fingerprint density at radius 2 is 2.35 bits per heavy atom. The molecule has 1 heterocycles. The van der Waals surface area contributed by atoms with E-state index in [1.807, 2.05) is 0 Å². The molecule has 0 fully saturated rings. The first-order valence-electron chi connectivity index (χ1n) is 4.71. The SMILES string of the molecule is N#CC(Nc1ccc(F)c(Cl)c1)c1nccs1. The van der Waals surface area contributed by atoms with Gasteiger partial charge >= 0.3 is 0 Å². The third-order valence-corrected chi connectivity index (χ3v) is 3.19. The lowest BCUT2D eigenvalue weighted by atomic mass is 10.2. The van der Waals surface area contributed by atoms with Crippen LogP contribution < -0.4 is 5.32 Å². The maximum atomic E-state index is 13.0. The second-order valence-electron chi connectivity index (χ2n) is 3.21. The number of benzene rings is 1. The van der Waals surface area contributed by atoms with Gasteiger partial charge in [0.15, 0.2) is 6.04 Å². The predicted molar refractivity (Wildman–Crippen MR) is 65.5 cm³/mol. The van der Waals surface area contributed by atoms with Gasteiger partial charge in [0.1, 0.15) is 10.8 Å². The highest BCUT2D eigenvalue weighted by atomic mass is 35.5.